The lowest BCUT2D eigenvalue weighted by molar-refractivity contribution is -0.148. The molecule has 4 heteroatoms. The summed E-state index contributed by atoms with van der Waals surface area (Å²) in [5.74, 6) is 3.70. The summed E-state index contributed by atoms with van der Waals surface area (Å²) >= 11 is 0. The highest BCUT2D eigenvalue weighted by molar-refractivity contribution is 6.83. The van der Waals surface area contributed by atoms with E-state index in [1.807, 2.05) is 0 Å². The number of cyclic esters (lactones) is 1. The molecule has 3 aliphatic rings. The lowest BCUT2D eigenvalue weighted by atomic mass is 9.71. The smallest absolute Gasteiger partial charge is 0.315 e. The normalized spacial score (nSPS) is 38.2. The maximum Gasteiger partial charge on any atom is 0.315 e. The first kappa shape index (κ1) is 13.2. The van der Waals surface area contributed by atoms with Gasteiger partial charge >= 0.3 is 5.97 Å². The molecule has 3 atom stereocenters. The van der Waals surface area contributed by atoms with Crippen molar-refractivity contribution in [1.29, 1.82) is 0 Å². The highest BCUT2D eigenvalue weighted by Crippen LogP contribution is 2.51. The van der Waals surface area contributed by atoms with E-state index >= 15 is 0 Å². The second-order valence-corrected chi connectivity index (χ2v) is 11.9. The van der Waals surface area contributed by atoms with Crippen LogP contribution in [0.2, 0.25) is 19.6 Å². The monoisotopic (exact) mass is 277 g/mol. The molecule has 0 amide bonds. The van der Waals surface area contributed by atoms with Crippen molar-refractivity contribution in [2.45, 2.75) is 44.9 Å². The summed E-state index contributed by atoms with van der Waals surface area (Å²) in [4.78, 5) is 14.9. The second kappa shape index (κ2) is 4.36. The molecule has 0 aromatic heterocycles. The zero-order valence-corrected chi connectivity index (χ0v) is 13.2. The van der Waals surface area contributed by atoms with Crippen LogP contribution in [-0.4, -0.2) is 44.7 Å². The van der Waals surface area contributed by atoms with Gasteiger partial charge in [-0.3, -0.25) is 9.69 Å². The van der Waals surface area contributed by atoms with Gasteiger partial charge in [-0.25, -0.2) is 0 Å². The zero-order chi connectivity index (χ0) is 13.7. The Balaban J connectivity index is 1.95. The minimum absolute atomic E-state index is 0.0248. The van der Waals surface area contributed by atoms with Gasteiger partial charge in [0.25, 0.3) is 0 Å². The highest BCUT2D eigenvalue weighted by Gasteiger charge is 2.62. The van der Waals surface area contributed by atoms with Crippen LogP contribution < -0.4 is 0 Å². The third-order valence-corrected chi connectivity index (χ3v) is 5.64. The van der Waals surface area contributed by atoms with E-state index in [1.165, 1.54) is 6.42 Å². The lowest BCUT2D eigenvalue weighted by Crippen LogP contribution is -2.41. The Morgan fingerprint density at radius 2 is 2.21 bits per heavy atom. The van der Waals surface area contributed by atoms with Crippen molar-refractivity contribution in [2.75, 3.05) is 19.7 Å². The molecular formula is C15H23NO2Si. The molecule has 3 aliphatic heterocycles. The van der Waals surface area contributed by atoms with Crippen LogP contribution >= 0.6 is 0 Å². The fraction of sp³-hybridized carbons (Fsp3) is 0.800. The molecule has 19 heavy (non-hydrogen) atoms. The van der Waals surface area contributed by atoms with Gasteiger partial charge in [-0.05, 0) is 19.4 Å². The van der Waals surface area contributed by atoms with Crippen molar-refractivity contribution >= 4 is 14.0 Å². The maximum absolute atomic E-state index is 12.4. The Kier molecular flexibility index (Phi) is 3.03. The Hall–Kier alpha value is -0.793. The second-order valence-electron chi connectivity index (χ2n) is 7.15. The summed E-state index contributed by atoms with van der Waals surface area (Å²) in [7, 11) is -1.38. The van der Waals surface area contributed by atoms with E-state index in [1.54, 1.807) is 0 Å². The van der Waals surface area contributed by atoms with Crippen LogP contribution in [0.4, 0.5) is 0 Å². The first-order chi connectivity index (χ1) is 8.93. The van der Waals surface area contributed by atoms with Gasteiger partial charge in [0.1, 0.15) is 13.5 Å². The number of carbonyl (C=O) groups is 1. The molecular weight excluding hydrogens is 254 g/mol. The quantitative estimate of drug-likeness (QED) is 0.385. The van der Waals surface area contributed by atoms with Crippen molar-refractivity contribution in [1.82, 2.24) is 4.90 Å². The number of esters is 1. The van der Waals surface area contributed by atoms with Gasteiger partial charge < -0.3 is 4.74 Å². The molecule has 0 radical (unpaired) electrons. The van der Waals surface area contributed by atoms with Crippen LogP contribution in [0, 0.1) is 22.8 Å². The van der Waals surface area contributed by atoms with Gasteiger partial charge in [-0.1, -0.05) is 19.6 Å². The largest absolute Gasteiger partial charge is 0.465 e. The minimum Gasteiger partial charge on any atom is -0.465 e. The van der Waals surface area contributed by atoms with Crippen LogP contribution in [-0.2, 0) is 9.53 Å². The molecule has 0 aromatic rings. The molecule has 1 spiro atoms. The third kappa shape index (κ3) is 2.04. The van der Waals surface area contributed by atoms with Crippen LogP contribution in [0.1, 0.15) is 19.3 Å². The molecule has 0 unspecified atom stereocenters. The number of carbonyl (C=O) groups excluding carboxylic acids is 1. The fourth-order valence-electron chi connectivity index (χ4n) is 3.90. The Morgan fingerprint density at radius 3 is 2.84 bits per heavy atom. The van der Waals surface area contributed by atoms with Crippen LogP contribution in [0.25, 0.3) is 0 Å². The summed E-state index contributed by atoms with van der Waals surface area (Å²) in [6.45, 7) is 9.47. The molecule has 3 rings (SSSR count). The predicted octanol–water partition coefficient (Wildman–Crippen LogP) is 1.89. The molecule has 3 fully saturated rings. The number of hydrogen-bond donors (Lipinski definition) is 0. The highest BCUT2D eigenvalue weighted by atomic mass is 28.3. The van der Waals surface area contributed by atoms with Gasteiger partial charge in [0.05, 0.1) is 12.5 Å². The molecule has 0 N–H and O–H groups in total. The van der Waals surface area contributed by atoms with E-state index in [0.717, 1.165) is 25.9 Å². The van der Waals surface area contributed by atoms with Gasteiger partial charge in [0.15, 0.2) is 0 Å². The maximum atomic E-state index is 12.4. The molecule has 0 aliphatic carbocycles. The molecule has 3 nitrogen and oxygen atoms in total. The molecule has 3 saturated heterocycles. The Morgan fingerprint density at radius 1 is 1.42 bits per heavy atom. The van der Waals surface area contributed by atoms with Crippen LogP contribution in [0.3, 0.4) is 0 Å². The first-order valence-electron chi connectivity index (χ1n) is 7.37. The first-order valence-corrected chi connectivity index (χ1v) is 10.9. The summed E-state index contributed by atoms with van der Waals surface area (Å²) < 4.78 is 5.34. The average molecular weight is 277 g/mol. The molecule has 0 bridgehead atoms. The van der Waals surface area contributed by atoms with Gasteiger partial charge in [0.2, 0.25) is 0 Å². The average Bonchev–Trinajstić information content (AvgIpc) is 2.95. The zero-order valence-electron chi connectivity index (χ0n) is 12.2. The number of hydrogen-bond acceptors (Lipinski definition) is 3. The number of nitrogens with zero attached hydrogens (tertiary/aromatic N) is 1. The lowest BCUT2D eigenvalue weighted by Gasteiger charge is -2.29. The standard InChI is InChI=1S/C15H23NO2Si/c1-19(2,3)10-6-12-11-16-8-4-5-13(16)15(12)7-9-18-14(15)17/h12-13H,4-5,7-9,11H2,1-3H3/t12-,13+,15-/m1/s1. The summed E-state index contributed by atoms with van der Waals surface area (Å²) in [5, 5.41) is 0. The van der Waals surface area contributed by atoms with E-state index < -0.39 is 8.07 Å². The number of fused-ring (bicyclic) bond motifs is 2. The van der Waals surface area contributed by atoms with E-state index in [4.69, 9.17) is 4.74 Å². The molecule has 0 saturated carbocycles. The SMILES string of the molecule is C[Si](C)(C)C#C[C@@H]1CN2CCC[C@H]2[C@@]12CCOC2=O. The molecule has 104 valence electrons. The topological polar surface area (TPSA) is 29.5 Å². The Bertz CT molecular complexity index is 459. The van der Waals surface area contributed by atoms with E-state index in [-0.39, 0.29) is 17.3 Å². The van der Waals surface area contributed by atoms with Crippen molar-refractivity contribution in [3.63, 3.8) is 0 Å². The fourth-order valence-corrected chi connectivity index (χ4v) is 4.51. The summed E-state index contributed by atoms with van der Waals surface area (Å²) in [6.07, 6.45) is 3.23. The minimum atomic E-state index is -1.38. The van der Waals surface area contributed by atoms with E-state index in [9.17, 15) is 4.79 Å². The summed E-state index contributed by atoms with van der Waals surface area (Å²) in [5.41, 5.74) is 3.18. The van der Waals surface area contributed by atoms with Crippen molar-refractivity contribution in [3.8, 4) is 11.5 Å². The van der Waals surface area contributed by atoms with Crippen molar-refractivity contribution in [2.24, 2.45) is 11.3 Å². The van der Waals surface area contributed by atoms with E-state index in [0.29, 0.717) is 12.6 Å². The molecule has 3 heterocycles. The number of ether oxygens (including phenoxy) is 1. The van der Waals surface area contributed by atoms with Crippen LogP contribution in [0.15, 0.2) is 0 Å². The van der Waals surface area contributed by atoms with Gasteiger partial charge in [-0.15, -0.1) is 11.5 Å². The Labute approximate surface area is 116 Å². The van der Waals surface area contributed by atoms with E-state index in [2.05, 4.69) is 36.0 Å². The van der Waals surface area contributed by atoms with Crippen LogP contribution in [0.5, 0.6) is 0 Å². The van der Waals surface area contributed by atoms with Gasteiger partial charge in [-0.2, -0.15) is 0 Å². The third-order valence-electron chi connectivity index (χ3n) is 4.75. The van der Waals surface area contributed by atoms with Crippen molar-refractivity contribution < 1.29 is 9.53 Å². The van der Waals surface area contributed by atoms with Crippen molar-refractivity contribution in [3.05, 3.63) is 0 Å². The molecule has 0 aromatic carbocycles. The number of rotatable bonds is 0. The predicted molar refractivity (Wildman–Crippen MR) is 77.2 cm³/mol. The van der Waals surface area contributed by atoms with Gasteiger partial charge in [0, 0.05) is 19.0 Å². The summed E-state index contributed by atoms with van der Waals surface area (Å²) in [6, 6.07) is 0.392.